The van der Waals surface area contributed by atoms with Crippen molar-refractivity contribution in [3.8, 4) is 5.75 Å². The fourth-order valence-electron chi connectivity index (χ4n) is 2.37. The van der Waals surface area contributed by atoms with Crippen LogP contribution in [0.2, 0.25) is 0 Å². The maximum atomic E-state index is 12.0. The van der Waals surface area contributed by atoms with Crippen LogP contribution in [0.3, 0.4) is 0 Å². The van der Waals surface area contributed by atoms with E-state index in [1.807, 2.05) is 42.5 Å². The summed E-state index contributed by atoms with van der Waals surface area (Å²) in [5.41, 5.74) is 0.523. The van der Waals surface area contributed by atoms with Gasteiger partial charge in [-0.3, -0.25) is 23.5 Å². The topological polar surface area (TPSA) is 35.5 Å². The lowest BCUT2D eigenvalue weighted by atomic mass is 10.1. The van der Waals surface area contributed by atoms with Crippen molar-refractivity contribution >= 4 is 18.0 Å². The number of carbonyl (C=O) groups excluding carboxylic acids is 1. The van der Waals surface area contributed by atoms with Crippen LogP contribution >= 0.6 is 12.0 Å². The molecule has 0 aliphatic carbocycles. The Morgan fingerprint density at radius 1 is 0.767 bits per heavy atom. The Kier molecular flexibility index (Phi) is 25.1. The number of benzene rings is 2. The Morgan fingerprint density at radius 2 is 1.33 bits per heavy atom. The summed E-state index contributed by atoms with van der Waals surface area (Å²) in [6, 6.07) is 16.7. The monoisotopic (exact) mass is 458 g/mol. The molecule has 30 heavy (non-hydrogen) atoms. The van der Waals surface area contributed by atoms with Crippen LogP contribution in [0.4, 0.5) is 23.5 Å². The average Bonchev–Trinajstić information content (AvgIpc) is 2.67. The maximum Gasteiger partial charge on any atom is 0.350 e. The number of hydrogen-bond acceptors (Lipinski definition) is 4. The highest BCUT2D eigenvalue weighted by Gasteiger charge is 2.08. The fourth-order valence-corrected chi connectivity index (χ4v) is 2.91. The van der Waals surface area contributed by atoms with Crippen molar-refractivity contribution in [2.24, 2.45) is 0 Å². The molecule has 9 heteroatoms. The van der Waals surface area contributed by atoms with Crippen LogP contribution in [0.25, 0.3) is 0 Å². The number of hydrogen-bond donors (Lipinski definition) is 0. The number of carbonyl (C=O) groups is 1. The highest BCUT2D eigenvalue weighted by molar-refractivity contribution is 7.95. The SMILES string of the molecule is CCCCCCCCOc1ccc(C(=O)OSc2ccccc2)cc1.F.F.F.F.F. The summed E-state index contributed by atoms with van der Waals surface area (Å²) >= 11 is 1.07. The Bertz CT molecular complexity index is 630. The lowest BCUT2D eigenvalue weighted by Crippen LogP contribution is -2.01. The highest BCUT2D eigenvalue weighted by Crippen LogP contribution is 2.21. The summed E-state index contributed by atoms with van der Waals surface area (Å²) in [5.74, 6) is 0.442. The van der Waals surface area contributed by atoms with Crippen molar-refractivity contribution < 1.29 is 37.2 Å². The molecule has 0 atom stereocenters. The van der Waals surface area contributed by atoms with Gasteiger partial charge >= 0.3 is 5.97 Å². The predicted molar refractivity (Wildman–Crippen MR) is 116 cm³/mol. The van der Waals surface area contributed by atoms with E-state index in [-0.39, 0.29) is 29.5 Å². The van der Waals surface area contributed by atoms with Gasteiger partial charge in [0.1, 0.15) is 5.75 Å². The normalized spacial score (nSPS) is 8.70. The van der Waals surface area contributed by atoms with Crippen molar-refractivity contribution in [2.45, 2.75) is 50.3 Å². The Hall–Kier alpha value is -2.29. The zero-order chi connectivity index (χ0) is 17.7. The molecule has 0 saturated heterocycles. The molecule has 2 rings (SSSR count). The summed E-state index contributed by atoms with van der Waals surface area (Å²) in [5, 5.41) is 0. The van der Waals surface area contributed by atoms with E-state index < -0.39 is 0 Å². The van der Waals surface area contributed by atoms with Gasteiger partial charge in [-0.2, -0.15) is 0 Å². The van der Waals surface area contributed by atoms with Gasteiger partial charge in [0.25, 0.3) is 0 Å². The fraction of sp³-hybridized carbons (Fsp3) is 0.381. The van der Waals surface area contributed by atoms with E-state index in [4.69, 9.17) is 8.92 Å². The minimum Gasteiger partial charge on any atom is -0.494 e. The first-order valence-corrected chi connectivity index (χ1v) is 9.70. The van der Waals surface area contributed by atoms with Gasteiger partial charge in [-0.1, -0.05) is 57.2 Å². The molecule has 0 unspecified atom stereocenters. The lowest BCUT2D eigenvalue weighted by molar-refractivity contribution is 0.0768. The molecule has 2 aromatic rings. The molecular weight excluding hydrogens is 427 g/mol. The number of rotatable bonds is 11. The molecule has 0 heterocycles. The summed E-state index contributed by atoms with van der Waals surface area (Å²) in [6.45, 7) is 2.95. The third-order valence-electron chi connectivity index (χ3n) is 3.81. The predicted octanol–water partition coefficient (Wildman–Crippen LogP) is 7.05. The van der Waals surface area contributed by atoms with Crippen LogP contribution in [0.15, 0.2) is 59.5 Å². The van der Waals surface area contributed by atoms with E-state index in [2.05, 4.69) is 6.92 Å². The van der Waals surface area contributed by atoms with Crippen molar-refractivity contribution in [3.63, 3.8) is 0 Å². The molecule has 2 aromatic carbocycles. The second kappa shape index (κ2) is 21.4. The first kappa shape index (κ1) is 35.2. The van der Waals surface area contributed by atoms with E-state index in [1.165, 1.54) is 32.1 Å². The number of halogens is 5. The minimum atomic E-state index is -0.351. The highest BCUT2D eigenvalue weighted by atomic mass is 32.2. The van der Waals surface area contributed by atoms with Crippen LogP contribution in [0, 0.1) is 0 Å². The molecule has 174 valence electrons. The molecule has 0 radical (unpaired) electrons. The Labute approximate surface area is 178 Å². The van der Waals surface area contributed by atoms with Gasteiger partial charge in [-0.15, -0.1) is 0 Å². The van der Waals surface area contributed by atoms with Crippen LogP contribution in [-0.2, 0) is 4.18 Å². The van der Waals surface area contributed by atoms with Crippen molar-refractivity contribution in [1.82, 2.24) is 0 Å². The van der Waals surface area contributed by atoms with Gasteiger partial charge < -0.3 is 8.92 Å². The molecule has 0 bridgehead atoms. The second-order valence-corrected chi connectivity index (χ2v) is 6.71. The van der Waals surface area contributed by atoms with E-state index >= 15 is 0 Å². The first-order chi connectivity index (χ1) is 12.3. The van der Waals surface area contributed by atoms with Gasteiger partial charge in [0.15, 0.2) is 0 Å². The second-order valence-electron chi connectivity index (χ2n) is 5.91. The maximum absolute atomic E-state index is 12.0. The molecule has 0 spiro atoms. The summed E-state index contributed by atoms with van der Waals surface area (Å²) in [4.78, 5) is 12.9. The zero-order valence-corrected chi connectivity index (χ0v) is 17.6. The van der Waals surface area contributed by atoms with Gasteiger partial charge in [0, 0.05) is 4.90 Å². The van der Waals surface area contributed by atoms with Gasteiger partial charge in [-0.05, 0) is 42.8 Å². The minimum absolute atomic E-state index is 0. The first-order valence-electron chi connectivity index (χ1n) is 8.96. The van der Waals surface area contributed by atoms with Crippen molar-refractivity contribution in [2.75, 3.05) is 6.61 Å². The van der Waals surface area contributed by atoms with E-state index in [9.17, 15) is 4.79 Å². The van der Waals surface area contributed by atoms with E-state index in [0.717, 1.165) is 35.7 Å². The zero-order valence-electron chi connectivity index (χ0n) is 16.8. The molecule has 0 aliphatic heterocycles. The average molecular weight is 459 g/mol. The molecule has 0 aromatic heterocycles. The van der Waals surface area contributed by atoms with Crippen molar-refractivity contribution in [3.05, 3.63) is 60.2 Å². The molecule has 0 amide bonds. The standard InChI is InChI=1S/C21H26O3S.5FH/c1-2-3-4-5-6-10-17-23-19-15-13-18(14-16-19)21(22)24-25-20-11-8-7-9-12-20;;;;;/h7-9,11-16H,2-6,10,17H2,1H3;5*1H. The van der Waals surface area contributed by atoms with Crippen molar-refractivity contribution in [1.29, 1.82) is 0 Å². The number of unbranched alkanes of at least 4 members (excludes halogenated alkanes) is 5. The Morgan fingerprint density at radius 3 is 1.93 bits per heavy atom. The lowest BCUT2D eigenvalue weighted by Gasteiger charge is -2.07. The Balaban J connectivity index is -0.000000676. The molecule has 0 aliphatic rings. The summed E-state index contributed by atoms with van der Waals surface area (Å²) in [6.07, 6.45) is 7.47. The van der Waals surface area contributed by atoms with Gasteiger partial charge in [-0.25, -0.2) is 4.79 Å². The summed E-state index contributed by atoms with van der Waals surface area (Å²) in [7, 11) is 0. The third kappa shape index (κ3) is 13.8. The number of ether oxygens (including phenoxy) is 1. The molecular formula is C21H31F5O3S. The van der Waals surface area contributed by atoms with Gasteiger partial charge in [0.2, 0.25) is 0 Å². The third-order valence-corrected chi connectivity index (χ3v) is 4.51. The van der Waals surface area contributed by atoms with Crippen LogP contribution < -0.4 is 4.74 Å². The van der Waals surface area contributed by atoms with Gasteiger partial charge in [0.05, 0.1) is 24.2 Å². The molecule has 3 nitrogen and oxygen atoms in total. The molecule has 0 N–H and O–H groups in total. The quantitative estimate of drug-likeness (QED) is 0.205. The molecule has 0 fully saturated rings. The largest absolute Gasteiger partial charge is 0.494 e. The smallest absolute Gasteiger partial charge is 0.350 e. The van der Waals surface area contributed by atoms with Crippen LogP contribution in [0.5, 0.6) is 5.75 Å². The van der Waals surface area contributed by atoms with Crippen LogP contribution in [-0.4, -0.2) is 12.6 Å². The van der Waals surface area contributed by atoms with E-state index in [1.54, 1.807) is 12.1 Å². The molecule has 0 saturated carbocycles. The van der Waals surface area contributed by atoms with E-state index in [0.29, 0.717) is 5.56 Å². The summed E-state index contributed by atoms with van der Waals surface area (Å²) < 4.78 is 11.0. The van der Waals surface area contributed by atoms with Crippen LogP contribution in [0.1, 0.15) is 55.8 Å².